The summed E-state index contributed by atoms with van der Waals surface area (Å²) in [5.41, 5.74) is 0. The highest BCUT2D eigenvalue weighted by Crippen LogP contribution is 2.42. The minimum absolute atomic E-state index is 0.0362. The lowest BCUT2D eigenvalue weighted by Crippen LogP contribution is -2.25. The Morgan fingerprint density at radius 2 is 1.44 bits per heavy atom. The molecule has 0 bridgehead atoms. The molecule has 0 aromatic carbocycles. The van der Waals surface area contributed by atoms with Crippen LogP contribution in [-0.4, -0.2) is 6.18 Å². The van der Waals surface area contributed by atoms with Gasteiger partial charge in [0.05, 0.1) is 6.42 Å². The van der Waals surface area contributed by atoms with E-state index in [0.717, 1.165) is 30.6 Å². The third-order valence-electron chi connectivity index (χ3n) is 6.39. The molecule has 0 aromatic rings. The highest BCUT2D eigenvalue weighted by atomic mass is 19.4. The quantitative estimate of drug-likeness (QED) is 0.341. The molecule has 0 radical (unpaired) electrons. The molecule has 0 atom stereocenters. The largest absolute Gasteiger partial charge is 0.390 e. The molecule has 0 amide bonds. The summed E-state index contributed by atoms with van der Waals surface area (Å²) in [6.07, 6.45) is 11.0. The monoisotopic (exact) mass is 356 g/mol. The maximum Gasteiger partial charge on any atom is 0.390 e. The van der Waals surface area contributed by atoms with Crippen molar-refractivity contribution < 1.29 is 13.2 Å². The predicted molar refractivity (Wildman–Crippen MR) is 98.1 cm³/mol. The number of rotatable bonds is 6. The van der Waals surface area contributed by atoms with Gasteiger partial charge in [-0.15, -0.1) is 5.92 Å². The Morgan fingerprint density at radius 1 is 0.840 bits per heavy atom. The van der Waals surface area contributed by atoms with Crippen LogP contribution in [0, 0.1) is 35.5 Å². The van der Waals surface area contributed by atoms with Crippen molar-refractivity contribution in [1.82, 2.24) is 0 Å². The summed E-state index contributed by atoms with van der Waals surface area (Å²) in [6, 6.07) is 0. The molecule has 3 heteroatoms. The van der Waals surface area contributed by atoms with E-state index in [1.54, 1.807) is 0 Å². The van der Waals surface area contributed by atoms with Crippen LogP contribution in [0.25, 0.3) is 0 Å². The zero-order chi connectivity index (χ0) is 18.1. The van der Waals surface area contributed by atoms with Gasteiger partial charge in [0.15, 0.2) is 0 Å². The van der Waals surface area contributed by atoms with Crippen molar-refractivity contribution in [3.63, 3.8) is 0 Å². The van der Waals surface area contributed by atoms with Crippen LogP contribution in [0.1, 0.15) is 96.8 Å². The van der Waals surface area contributed by atoms with Crippen molar-refractivity contribution in [3.05, 3.63) is 0 Å². The zero-order valence-electron chi connectivity index (χ0n) is 15.8. The summed E-state index contributed by atoms with van der Waals surface area (Å²) in [7, 11) is 0. The van der Waals surface area contributed by atoms with Crippen LogP contribution in [0.5, 0.6) is 0 Å². The van der Waals surface area contributed by atoms with E-state index >= 15 is 0 Å². The highest BCUT2D eigenvalue weighted by molar-refractivity contribution is 5.05. The normalized spacial score (nSPS) is 30.6. The molecule has 0 aliphatic heterocycles. The molecule has 2 saturated carbocycles. The van der Waals surface area contributed by atoms with Crippen molar-refractivity contribution in [2.75, 3.05) is 0 Å². The maximum absolute atomic E-state index is 12.1. The summed E-state index contributed by atoms with van der Waals surface area (Å²) in [5.74, 6) is 8.94. The van der Waals surface area contributed by atoms with Gasteiger partial charge in [0.1, 0.15) is 0 Å². The van der Waals surface area contributed by atoms with E-state index in [2.05, 4.69) is 18.8 Å². The number of halogens is 3. The topological polar surface area (TPSA) is 0 Å². The van der Waals surface area contributed by atoms with E-state index in [1.165, 1.54) is 64.2 Å². The van der Waals surface area contributed by atoms with Crippen LogP contribution in [-0.2, 0) is 0 Å². The first kappa shape index (κ1) is 20.7. The SMILES string of the molecule is CCCCC[C@H]1CC[C@H]([C@H]2CC[C@H](C#CCCC(F)(F)F)CC2)CC1. The Balaban J connectivity index is 1.62. The van der Waals surface area contributed by atoms with Gasteiger partial charge >= 0.3 is 6.18 Å². The molecule has 0 aromatic heterocycles. The molecular weight excluding hydrogens is 321 g/mol. The van der Waals surface area contributed by atoms with Gasteiger partial charge in [-0.2, -0.15) is 13.2 Å². The molecule has 25 heavy (non-hydrogen) atoms. The molecule has 2 aliphatic rings. The third-order valence-corrected chi connectivity index (χ3v) is 6.39. The van der Waals surface area contributed by atoms with Crippen molar-refractivity contribution >= 4 is 0 Å². The van der Waals surface area contributed by atoms with E-state index in [-0.39, 0.29) is 6.42 Å². The van der Waals surface area contributed by atoms with Gasteiger partial charge in [-0.05, 0) is 56.3 Å². The second-order valence-electron chi connectivity index (χ2n) is 8.32. The first-order valence-electron chi connectivity index (χ1n) is 10.5. The first-order chi connectivity index (χ1) is 12.0. The molecule has 2 rings (SSSR count). The smallest absolute Gasteiger partial charge is 0.171 e. The van der Waals surface area contributed by atoms with E-state index < -0.39 is 12.6 Å². The van der Waals surface area contributed by atoms with Gasteiger partial charge in [-0.1, -0.05) is 51.4 Å². The van der Waals surface area contributed by atoms with Crippen LogP contribution in [0.15, 0.2) is 0 Å². The average molecular weight is 357 g/mol. The molecule has 2 fully saturated rings. The predicted octanol–water partition coefficient (Wildman–Crippen LogP) is 7.53. The van der Waals surface area contributed by atoms with E-state index in [0.29, 0.717) is 5.92 Å². The second-order valence-corrected chi connectivity index (χ2v) is 8.32. The van der Waals surface area contributed by atoms with Crippen LogP contribution in [0.3, 0.4) is 0 Å². The summed E-state index contributed by atoms with van der Waals surface area (Å²) in [5, 5.41) is 0. The van der Waals surface area contributed by atoms with E-state index in [1.807, 2.05) is 0 Å². The molecule has 0 nitrogen and oxygen atoms in total. The lowest BCUT2D eigenvalue weighted by atomic mass is 9.69. The summed E-state index contributed by atoms with van der Waals surface area (Å²) < 4.78 is 36.4. The first-order valence-corrected chi connectivity index (χ1v) is 10.5. The number of hydrogen-bond donors (Lipinski definition) is 0. The third kappa shape index (κ3) is 8.06. The molecule has 0 N–H and O–H groups in total. The number of unbranched alkanes of at least 4 members (excludes halogenated alkanes) is 2. The van der Waals surface area contributed by atoms with Crippen molar-refractivity contribution in [1.29, 1.82) is 0 Å². The standard InChI is InChI=1S/C22H35F3/c1-2-3-4-7-18-9-13-20(14-10-18)21-15-11-19(12-16-21)8-5-6-17-22(23,24)25/h18-21H,2-4,6-7,9-17H2,1H3/t18-,19-,20-,21-. The maximum atomic E-state index is 12.1. The van der Waals surface area contributed by atoms with Gasteiger partial charge in [-0.25, -0.2) is 0 Å². The fourth-order valence-electron chi connectivity index (χ4n) is 4.79. The van der Waals surface area contributed by atoms with Crippen LogP contribution in [0.2, 0.25) is 0 Å². The van der Waals surface area contributed by atoms with E-state index in [9.17, 15) is 13.2 Å². The molecule has 0 saturated heterocycles. The van der Waals surface area contributed by atoms with Gasteiger partial charge in [0.2, 0.25) is 0 Å². The van der Waals surface area contributed by atoms with Gasteiger partial charge in [0, 0.05) is 12.3 Å². The molecule has 144 valence electrons. The lowest BCUT2D eigenvalue weighted by molar-refractivity contribution is -0.133. The minimum atomic E-state index is -4.07. The summed E-state index contributed by atoms with van der Waals surface area (Å²) in [6.45, 7) is 2.27. The average Bonchev–Trinajstić information content (AvgIpc) is 2.59. The van der Waals surface area contributed by atoms with Crippen LogP contribution in [0.4, 0.5) is 13.2 Å². The molecular formula is C22H35F3. The lowest BCUT2D eigenvalue weighted by Gasteiger charge is -2.37. The van der Waals surface area contributed by atoms with Crippen molar-refractivity contribution in [2.24, 2.45) is 23.7 Å². The van der Waals surface area contributed by atoms with Crippen molar-refractivity contribution in [2.45, 2.75) is 103 Å². The number of hydrogen-bond acceptors (Lipinski definition) is 0. The second kappa shape index (κ2) is 10.5. The van der Waals surface area contributed by atoms with Gasteiger partial charge in [0.25, 0.3) is 0 Å². The molecule has 2 aliphatic carbocycles. The van der Waals surface area contributed by atoms with Gasteiger partial charge in [-0.3, -0.25) is 0 Å². The van der Waals surface area contributed by atoms with Crippen LogP contribution >= 0.6 is 0 Å². The number of alkyl halides is 3. The summed E-state index contributed by atoms with van der Waals surface area (Å²) >= 11 is 0. The fourth-order valence-corrected chi connectivity index (χ4v) is 4.79. The zero-order valence-corrected chi connectivity index (χ0v) is 15.8. The Morgan fingerprint density at radius 3 is 2.00 bits per heavy atom. The molecule has 0 spiro atoms. The Labute approximate surface area is 152 Å². The Hall–Kier alpha value is -0.650. The van der Waals surface area contributed by atoms with Crippen LogP contribution < -0.4 is 0 Å². The summed E-state index contributed by atoms with van der Waals surface area (Å²) in [4.78, 5) is 0. The highest BCUT2D eigenvalue weighted by Gasteiger charge is 2.30. The molecule has 0 unspecified atom stereocenters. The fraction of sp³-hybridized carbons (Fsp3) is 0.909. The van der Waals surface area contributed by atoms with Crippen molar-refractivity contribution in [3.8, 4) is 11.8 Å². The Bertz CT molecular complexity index is 413. The minimum Gasteiger partial charge on any atom is -0.171 e. The Kier molecular flexibility index (Phi) is 8.67. The van der Waals surface area contributed by atoms with Gasteiger partial charge < -0.3 is 0 Å². The molecule has 0 heterocycles. The van der Waals surface area contributed by atoms with E-state index in [4.69, 9.17) is 0 Å².